The van der Waals surface area contributed by atoms with Crippen molar-refractivity contribution < 1.29 is 18.8 Å². The number of rotatable bonds is 6. The van der Waals surface area contributed by atoms with E-state index in [1.165, 1.54) is 0 Å². The molecule has 6 nitrogen and oxygen atoms in total. The Hall–Kier alpha value is -3.15. The van der Waals surface area contributed by atoms with Gasteiger partial charge in [-0.2, -0.15) is 0 Å². The summed E-state index contributed by atoms with van der Waals surface area (Å²) in [6, 6.07) is 16.8. The van der Waals surface area contributed by atoms with Gasteiger partial charge in [0.2, 0.25) is 0 Å². The summed E-state index contributed by atoms with van der Waals surface area (Å²) in [6.45, 7) is 0.0760. The lowest BCUT2D eigenvalue weighted by molar-refractivity contribution is -0.148. The van der Waals surface area contributed by atoms with E-state index in [0.717, 1.165) is 10.9 Å². The molecule has 24 heavy (non-hydrogen) atoms. The van der Waals surface area contributed by atoms with Crippen LogP contribution in [0.5, 0.6) is 0 Å². The predicted molar refractivity (Wildman–Crippen MR) is 87.0 cm³/mol. The SMILES string of the molecule is O=C(COC(=O)Cc1noc2ccccc12)NCc1ccccc1. The monoisotopic (exact) mass is 324 g/mol. The minimum Gasteiger partial charge on any atom is -0.455 e. The van der Waals surface area contributed by atoms with Gasteiger partial charge in [-0.15, -0.1) is 0 Å². The van der Waals surface area contributed by atoms with Crippen LogP contribution in [0.1, 0.15) is 11.3 Å². The highest BCUT2D eigenvalue weighted by Crippen LogP contribution is 2.18. The van der Waals surface area contributed by atoms with Crippen LogP contribution in [0.25, 0.3) is 11.0 Å². The van der Waals surface area contributed by atoms with E-state index in [-0.39, 0.29) is 18.9 Å². The summed E-state index contributed by atoms with van der Waals surface area (Å²) in [6.07, 6.45) is -0.0387. The highest BCUT2D eigenvalue weighted by Gasteiger charge is 2.14. The summed E-state index contributed by atoms with van der Waals surface area (Å²) in [5.41, 5.74) is 2.09. The molecule has 0 radical (unpaired) electrons. The van der Waals surface area contributed by atoms with Gasteiger partial charge in [0, 0.05) is 11.9 Å². The maximum absolute atomic E-state index is 11.8. The van der Waals surface area contributed by atoms with Crippen molar-refractivity contribution in [1.29, 1.82) is 0 Å². The Bertz CT molecular complexity index is 842. The first kappa shape index (κ1) is 15.7. The number of hydrogen-bond donors (Lipinski definition) is 1. The van der Waals surface area contributed by atoms with E-state index in [9.17, 15) is 9.59 Å². The Morgan fingerprint density at radius 3 is 2.62 bits per heavy atom. The predicted octanol–water partition coefficient (Wildman–Crippen LogP) is 2.23. The van der Waals surface area contributed by atoms with E-state index in [4.69, 9.17) is 9.26 Å². The third-order valence-corrected chi connectivity index (χ3v) is 3.46. The van der Waals surface area contributed by atoms with Crippen molar-refractivity contribution in [1.82, 2.24) is 10.5 Å². The van der Waals surface area contributed by atoms with Gasteiger partial charge in [-0.05, 0) is 17.7 Å². The Morgan fingerprint density at radius 2 is 1.79 bits per heavy atom. The molecule has 3 rings (SSSR count). The van der Waals surface area contributed by atoms with Gasteiger partial charge in [0.05, 0.1) is 6.42 Å². The average Bonchev–Trinajstić information content (AvgIpc) is 3.02. The smallest absolute Gasteiger partial charge is 0.312 e. The quantitative estimate of drug-likeness (QED) is 0.703. The van der Waals surface area contributed by atoms with Crippen LogP contribution in [-0.2, 0) is 27.3 Å². The molecule has 1 N–H and O–H groups in total. The number of para-hydroxylation sites is 1. The maximum Gasteiger partial charge on any atom is 0.312 e. The Balaban J connectivity index is 1.46. The fraction of sp³-hybridized carbons (Fsp3) is 0.167. The van der Waals surface area contributed by atoms with Gasteiger partial charge in [0.25, 0.3) is 5.91 Å². The van der Waals surface area contributed by atoms with Gasteiger partial charge in [0.15, 0.2) is 12.2 Å². The number of benzene rings is 2. The Kier molecular flexibility index (Phi) is 4.86. The number of nitrogens with one attached hydrogen (secondary N) is 1. The largest absolute Gasteiger partial charge is 0.455 e. The molecule has 6 heteroatoms. The first-order chi connectivity index (χ1) is 11.7. The van der Waals surface area contributed by atoms with E-state index in [0.29, 0.717) is 17.8 Å². The van der Waals surface area contributed by atoms with Crippen molar-refractivity contribution in [2.75, 3.05) is 6.61 Å². The second-order valence-electron chi connectivity index (χ2n) is 5.23. The number of aromatic nitrogens is 1. The molecule has 0 aliphatic rings. The molecular weight excluding hydrogens is 308 g/mol. The summed E-state index contributed by atoms with van der Waals surface area (Å²) in [4.78, 5) is 23.6. The molecule has 0 atom stereocenters. The van der Waals surface area contributed by atoms with Gasteiger partial charge in [-0.1, -0.05) is 47.6 Å². The lowest BCUT2D eigenvalue weighted by Gasteiger charge is -2.06. The van der Waals surface area contributed by atoms with Crippen LogP contribution in [-0.4, -0.2) is 23.6 Å². The molecule has 0 aliphatic carbocycles. The van der Waals surface area contributed by atoms with E-state index in [2.05, 4.69) is 10.5 Å². The summed E-state index contributed by atoms with van der Waals surface area (Å²) in [5, 5.41) is 7.32. The van der Waals surface area contributed by atoms with E-state index in [1.807, 2.05) is 48.5 Å². The summed E-state index contributed by atoms with van der Waals surface area (Å²) in [5.74, 6) is -0.874. The van der Waals surface area contributed by atoms with Crippen LogP contribution in [0.4, 0.5) is 0 Å². The van der Waals surface area contributed by atoms with Crippen LogP contribution in [0, 0.1) is 0 Å². The highest BCUT2D eigenvalue weighted by atomic mass is 16.5. The van der Waals surface area contributed by atoms with Gasteiger partial charge >= 0.3 is 5.97 Å². The third-order valence-electron chi connectivity index (χ3n) is 3.46. The van der Waals surface area contributed by atoms with Crippen LogP contribution in [0.2, 0.25) is 0 Å². The van der Waals surface area contributed by atoms with E-state index < -0.39 is 5.97 Å². The summed E-state index contributed by atoms with van der Waals surface area (Å²) < 4.78 is 10.1. The number of nitrogens with zero attached hydrogens (tertiary/aromatic N) is 1. The number of ether oxygens (including phenoxy) is 1. The molecule has 0 bridgehead atoms. The molecule has 1 heterocycles. The number of amides is 1. The molecule has 0 aliphatic heterocycles. The van der Waals surface area contributed by atoms with Gasteiger partial charge in [-0.3, -0.25) is 9.59 Å². The fourth-order valence-corrected chi connectivity index (χ4v) is 2.25. The molecule has 1 aromatic heterocycles. The van der Waals surface area contributed by atoms with Crippen molar-refractivity contribution in [2.45, 2.75) is 13.0 Å². The van der Waals surface area contributed by atoms with Gasteiger partial charge in [0.1, 0.15) is 5.69 Å². The number of hydrogen-bond acceptors (Lipinski definition) is 5. The molecule has 0 saturated heterocycles. The van der Waals surface area contributed by atoms with E-state index >= 15 is 0 Å². The molecule has 122 valence electrons. The number of fused-ring (bicyclic) bond motifs is 1. The molecule has 3 aromatic rings. The standard InChI is InChI=1S/C18H16N2O4/c21-17(19-11-13-6-2-1-3-7-13)12-23-18(22)10-15-14-8-4-5-9-16(14)24-20-15/h1-9H,10-12H2,(H,19,21). The van der Waals surface area contributed by atoms with E-state index in [1.54, 1.807) is 6.07 Å². The zero-order valence-electron chi connectivity index (χ0n) is 12.9. The molecular formula is C18H16N2O4. The lowest BCUT2D eigenvalue weighted by atomic mass is 10.2. The van der Waals surface area contributed by atoms with Crippen molar-refractivity contribution in [3.8, 4) is 0 Å². The number of carbonyl (C=O) groups is 2. The first-order valence-electron chi connectivity index (χ1n) is 7.52. The molecule has 0 saturated carbocycles. The molecule has 0 spiro atoms. The normalized spacial score (nSPS) is 10.5. The topological polar surface area (TPSA) is 81.4 Å². The van der Waals surface area contributed by atoms with Crippen molar-refractivity contribution in [3.63, 3.8) is 0 Å². The number of esters is 1. The summed E-state index contributed by atoms with van der Waals surface area (Å²) in [7, 11) is 0. The van der Waals surface area contributed by atoms with Crippen molar-refractivity contribution >= 4 is 22.8 Å². The second-order valence-corrected chi connectivity index (χ2v) is 5.23. The zero-order valence-corrected chi connectivity index (χ0v) is 12.9. The van der Waals surface area contributed by atoms with Crippen LogP contribution in [0.15, 0.2) is 59.1 Å². The van der Waals surface area contributed by atoms with Crippen LogP contribution in [0.3, 0.4) is 0 Å². The molecule has 0 unspecified atom stereocenters. The third kappa shape index (κ3) is 3.98. The maximum atomic E-state index is 11.8. The molecule has 1 amide bonds. The fourth-order valence-electron chi connectivity index (χ4n) is 2.25. The first-order valence-corrected chi connectivity index (χ1v) is 7.52. The molecule has 2 aromatic carbocycles. The zero-order chi connectivity index (χ0) is 16.8. The van der Waals surface area contributed by atoms with Crippen molar-refractivity contribution in [3.05, 3.63) is 65.9 Å². The Morgan fingerprint density at radius 1 is 1.04 bits per heavy atom. The van der Waals surface area contributed by atoms with Gasteiger partial charge < -0.3 is 14.6 Å². The van der Waals surface area contributed by atoms with Crippen LogP contribution < -0.4 is 5.32 Å². The minimum absolute atomic E-state index is 0.0387. The second kappa shape index (κ2) is 7.41. The Labute approximate surface area is 138 Å². The van der Waals surface area contributed by atoms with Crippen molar-refractivity contribution in [2.24, 2.45) is 0 Å². The highest BCUT2D eigenvalue weighted by molar-refractivity contribution is 5.85. The average molecular weight is 324 g/mol. The summed E-state index contributed by atoms with van der Waals surface area (Å²) >= 11 is 0. The minimum atomic E-state index is -0.524. The van der Waals surface area contributed by atoms with Gasteiger partial charge in [-0.25, -0.2) is 0 Å². The number of carbonyl (C=O) groups excluding carboxylic acids is 2. The van der Waals surface area contributed by atoms with Crippen LogP contribution >= 0.6 is 0 Å². The molecule has 0 fully saturated rings. The lowest BCUT2D eigenvalue weighted by Crippen LogP contribution is -2.28.